The lowest BCUT2D eigenvalue weighted by molar-refractivity contribution is 0.298. The Labute approximate surface area is 142 Å². The Morgan fingerprint density at radius 3 is 3.00 bits per heavy atom. The molecule has 5 nitrogen and oxygen atoms in total. The Morgan fingerprint density at radius 1 is 1.17 bits per heavy atom. The molecular weight excluding hydrogens is 380 g/mol. The van der Waals surface area contributed by atoms with Gasteiger partial charge in [-0.15, -0.1) is 11.3 Å². The summed E-state index contributed by atoms with van der Waals surface area (Å²) >= 11 is 4.90. The van der Waals surface area contributed by atoms with Crippen LogP contribution in [-0.2, 0) is 6.61 Å². The van der Waals surface area contributed by atoms with Gasteiger partial charge in [-0.25, -0.2) is 14.8 Å². The average Bonchev–Trinajstić information content (AvgIpc) is 3.01. The smallest absolute Gasteiger partial charge is 0.336 e. The number of halogens is 1. The van der Waals surface area contributed by atoms with Crippen molar-refractivity contribution < 1.29 is 9.15 Å². The van der Waals surface area contributed by atoms with Crippen molar-refractivity contribution in [3.63, 3.8) is 0 Å². The first-order valence-corrected chi connectivity index (χ1v) is 8.41. The van der Waals surface area contributed by atoms with E-state index < -0.39 is 5.63 Å². The zero-order chi connectivity index (χ0) is 15.8. The normalized spacial score (nSPS) is 11.2. The van der Waals surface area contributed by atoms with E-state index in [0.717, 1.165) is 25.6 Å². The van der Waals surface area contributed by atoms with Crippen molar-refractivity contribution in [1.29, 1.82) is 0 Å². The second-order valence-electron chi connectivity index (χ2n) is 4.84. The minimum atomic E-state index is -0.405. The number of ether oxygens (including phenoxy) is 1. The molecule has 0 aliphatic rings. The number of hydrogen-bond donors (Lipinski definition) is 0. The number of fused-ring (bicyclic) bond motifs is 2. The predicted molar refractivity (Wildman–Crippen MR) is 91.9 cm³/mol. The third-order valence-corrected chi connectivity index (χ3v) is 4.70. The number of aromatic nitrogens is 2. The van der Waals surface area contributed by atoms with Crippen LogP contribution in [0.2, 0.25) is 0 Å². The van der Waals surface area contributed by atoms with Gasteiger partial charge in [-0.1, -0.05) is 15.9 Å². The van der Waals surface area contributed by atoms with Crippen LogP contribution < -0.4 is 10.4 Å². The molecule has 0 fully saturated rings. The summed E-state index contributed by atoms with van der Waals surface area (Å²) in [5, 5.41) is 3.65. The lowest BCUT2D eigenvalue weighted by Gasteiger charge is -2.08. The van der Waals surface area contributed by atoms with Gasteiger partial charge in [-0.2, -0.15) is 0 Å². The van der Waals surface area contributed by atoms with Crippen LogP contribution >= 0.6 is 27.3 Å². The molecular formula is C16H9BrN2O3S. The Kier molecular flexibility index (Phi) is 3.59. The predicted octanol–water partition coefficient (Wildman–Crippen LogP) is 4.14. The molecule has 3 aromatic heterocycles. The molecule has 0 amide bonds. The maximum Gasteiger partial charge on any atom is 0.336 e. The molecule has 1 aromatic carbocycles. The molecule has 0 bridgehead atoms. The minimum Gasteiger partial charge on any atom is -0.472 e. The molecule has 0 saturated carbocycles. The van der Waals surface area contributed by atoms with Crippen molar-refractivity contribution in [3.05, 3.63) is 62.5 Å². The average molecular weight is 389 g/mol. The highest BCUT2D eigenvalue weighted by molar-refractivity contribution is 9.10. The van der Waals surface area contributed by atoms with Gasteiger partial charge < -0.3 is 9.15 Å². The van der Waals surface area contributed by atoms with E-state index in [0.29, 0.717) is 11.5 Å². The van der Waals surface area contributed by atoms with E-state index in [-0.39, 0.29) is 6.61 Å². The quantitative estimate of drug-likeness (QED) is 0.493. The second-order valence-corrected chi connectivity index (χ2v) is 6.65. The summed E-state index contributed by atoms with van der Waals surface area (Å²) in [6, 6.07) is 8.92. The van der Waals surface area contributed by atoms with Gasteiger partial charge in [0, 0.05) is 21.5 Å². The molecule has 7 heteroatoms. The van der Waals surface area contributed by atoms with Crippen molar-refractivity contribution in [1.82, 2.24) is 9.97 Å². The lowest BCUT2D eigenvalue weighted by Crippen LogP contribution is -2.04. The third-order valence-electron chi connectivity index (χ3n) is 3.38. The summed E-state index contributed by atoms with van der Waals surface area (Å²) in [4.78, 5) is 21.0. The summed E-state index contributed by atoms with van der Waals surface area (Å²) in [5.74, 6) is 0.509. The molecule has 114 valence electrons. The van der Waals surface area contributed by atoms with Crippen LogP contribution in [0, 0.1) is 0 Å². The van der Waals surface area contributed by atoms with Crippen molar-refractivity contribution >= 4 is 48.5 Å². The van der Waals surface area contributed by atoms with Crippen LogP contribution in [0.4, 0.5) is 0 Å². The Morgan fingerprint density at radius 2 is 2.09 bits per heavy atom. The molecule has 4 rings (SSSR count). The summed E-state index contributed by atoms with van der Waals surface area (Å²) < 4.78 is 11.9. The fourth-order valence-corrected chi connectivity index (χ4v) is 3.42. The van der Waals surface area contributed by atoms with Gasteiger partial charge in [0.15, 0.2) is 0 Å². The highest BCUT2D eigenvalue weighted by Crippen LogP contribution is 2.27. The maximum atomic E-state index is 11.7. The van der Waals surface area contributed by atoms with Gasteiger partial charge in [-0.3, -0.25) is 0 Å². The molecule has 4 aromatic rings. The van der Waals surface area contributed by atoms with E-state index in [1.807, 2.05) is 23.6 Å². The molecule has 0 spiro atoms. The highest BCUT2D eigenvalue weighted by Gasteiger charge is 2.10. The summed E-state index contributed by atoms with van der Waals surface area (Å²) in [7, 11) is 0. The minimum absolute atomic E-state index is 0.228. The van der Waals surface area contributed by atoms with Crippen molar-refractivity contribution in [2.24, 2.45) is 0 Å². The summed E-state index contributed by atoms with van der Waals surface area (Å²) in [5.41, 5.74) is 0.872. The Hall–Kier alpha value is -2.25. The number of thiophene rings is 1. The van der Waals surface area contributed by atoms with Gasteiger partial charge in [0.1, 0.15) is 23.3 Å². The number of nitrogens with zero attached hydrogens (tertiary/aromatic N) is 2. The fourth-order valence-electron chi connectivity index (χ4n) is 2.35. The first kappa shape index (κ1) is 14.3. The van der Waals surface area contributed by atoms with Gasteiger partial charge in [0.05, 0.1) is 5.39 Å². The number of hydrogen-bond acceptors (Lipinski definition) is 6. The topological polar surface area (TPSA) is 65.2 Å². The number of rotatable bonds is 3. The Balaban J connectivity index is 1.73. The van der Waals surface area contributed by atoms with Crippen LogP contribution in [0.25, 0.3) is 21.2 Å². The van der Waals surface area contributed by atoms with Crippen LogP contribution in [0.1, 0.15) is 5.56 Å². The molecule has 0 aliphatic carbocycles. The highest BCUT2D eigenvalue weighted by atomic mass is 79.9. The molecule has 3 heterocycles. The fraction of sp³-hybridized carbons (Fsp3) is 0.0625. The third kappa shape index (κ3) is 2.73. The first-order chi connectivity index (χ1) is 11.2. The molecule has 0 radical (unpaired) electrons. The van der Waals surface area contributed by atoms with Gasteiger partial charge >= 0.3 is 5.63 Å². The van der Waals surface area contributed by atoms with Gasteiger partial charge in [0.25, 0.3) is 0 Å². The lowest BCUT2D eigenvalue weighted by atomic mass is 10.1. The summed E-state index contributed by atoms with van der Waals surface area (Å²) in [6.45, 7) is 0.228. The molecule has 0 aliphatic heterocycles. The largest absolute Gasteiger partial charge is 0.472 e. The van der Waals surface area contributed by atoms with Gasteiger partial charge in [0.2, 0.25) is 5.88 Å². The van der Waals surface area contributed by atoms with E-state index in [1.165, 1.54) is 23.7 Å². The molecule has 0 saturated heterocycles. The van der Waals surface area contributed by atoms with E-state index >= 15 is 0 Å². The first-order valence-electron chi connectivity index (χ1n) is 6.74. The van der Waals surface area contributed by atoms with Crippen LogP contribution in [-0.4, -0.2) is 9.97 Å². The van der Waals surface area contributed by atoms with E-state index in [1.54, 1.807) is 6.07 Å². The maximum absolute atomic E-state index is 11.7. The molecule has 23 heavy (non-hydrogen) atoms. The van der Waals surface area contributed by atoms with Gasteiger partial charge in [-0.05, 0) is 29.6 Å². The van der Waals surface area contributed by atoms with E-state index in [4.69, 9.17) is 9.15 Å². The standard InChI is InChI=1S/C16H9BrN2O3S/c17-10-1-2-11-9(5-14(20)22-13(11)6-10)7-21-15-12-3-4-23-16(12)19-8-18-15/h1-6,8H,7H2. The monoisotopic (exact) mass is 388 g/mol. The zero-order valence-corrected chi connectivity index (χ0v) is 14.1. The Bertz CT molecular complexity index is 1070. The van der Waals surface area contributed by atoms with Crippen LogP contribution in [0.5, 0.6) is 5.88 Å². The zero-order valence-electron chi connectivity index (χ0n) is 11.7. The van der Waals surface area contributed by atoms with Crippen molar-refractivity contribution in [3.8, 4) is 5.88 Å². The van der Waals surface area contributed by atoms with Crippen molar-refractivity contribution in [2.45, 2.75) is 6.61 Å². The SMILES string of the molecule is O=c1cc(COc2ncnc3sccc23)c2ccc(Br)cc2o1. The molecule has 0 atom stereocenters. The van der Waals surface area contributed by atoms with Crippen molar-refractivity contribution in [2.75, 3.05) is 0 Å². The molecule has 0 unspecified atom stereocenters. The summed E-state index contributed by atoms with van der Waals surface area (Å²) in [6.07, 6.45) is 1.47. The van der Waals surface area contributed by atoms with Crippen LogP contribution in [0.3, 0.4) is 0 Å². The van der Waals surface area contributed by atoms with E-state index in [2.05, 4.69) is 25.9 Å². The van der Waals surface area contributed by atoms with E-state index in [9.17, 15) is 4.79 Å². The molecule has 0 N–H and O–H groups in total. The second kappa shape index (κ2) is 5.75. The number of benzene rings is 1. The van der Waals surface area contributed by atoms with Crippen LogP contribution in [0.15, 0.2) is 55.7 Å².